The van der Waals surface area contributed by atoms with Gasteiger partial charge in [0.15, 0.2) is 0 Å². The number of hydrogen-bond acceptors (Lipinski definition) is 1. The molecule has 2 aromatic carbocycles. The highest BCUT2D eigenvalue weighted by Gasteiger charge is 2.07. The summed E-state index contributed by atoms with van der Waals surface area (Å²) in [4.78, 5) is 0. The molecule has 0 saturated carbocycles. The fourth-order valence-corrected chi connectivity index (χ4v) is 2.36. The second-order valence-corrected chi connectivity index (χ2v) is 5.39. The lowest BCUT2D eigenvalue weighted by Gasteiger charge is -2.11. The second-order valence-electron chi connectivity index (χ2n) is 3.91. The zero-order chi connectivity index (χ0) is 13.8. The fourth-order valence-electron chi connectivity index (χ4n) is 1.59. The zero-order valence-corrected chi connectivity index (χ0v) is 13.0. The van der Waals surface area contributed by atoms with Crippen LogP contribution in [0.25, 0.3) is 0 Å². The number of benzene rings is 2. The summed E-state index contributed by atoms with van der Waals surface area (Å²) in [5, 5.41) is 0.475. The molecule has 2 rings (SSSR count). The maximum atomic E-state index is 13.6. The van der Waals surface area contributed by atoms with Gasteiger partial charge in [0.05, 0.1) is 0 Å². The molecule has 5 heteroatoms. The Labute approximate surface area is 126 Å². The molecule has 0 aliphatic carbocycles. The first-order chi connectivity index (χ1) is 9.10. The quantitative estimate of drug-likeness (QED) is 0.650. The molecule has 0 bridgehead atoms. The molecule has 0 aromatic heterocycles. The molecule has 0 spiro atoms. The highest BCUT2D eigenvalue weighted by atomic mass is 79.9. The maximum absolute atomic E-state index is 13.6. The van der Waals surface area contributed by atoms with Crippen LogP contribution < -0.4 is 4.74 Å². The van der Waals surface area contributed by atoms with E-state index in [2.05, 4.69) is 31.9 Å². The molecule has 0 fully saturated rings. The molecule has 0 N–H and O–H groups in total. The van der Waals surface area contributed by atoms with Gasteiger partial charge in [-0.3, -0.25) is 0 Å². The lowest BCUT2D eigenvalue weighted by molar-refractivity contribution is 0.297. The van der Waals surface area contributed by atoms with Crippen molar-refractivity contribution in [3.63, 3.8) is 0 Å². The summed E-state index contributed by atoms with van der Waals surface area (Å²) in [5.41, 5.74) is 1.14. The third-order valence-corrected chi connectivity index (χ3v) is 3.66. The SMILES string of the molecule is Fc1ccc(OCc2ccc(Br)cc2F)c(CBr)c1. The van der Waals surface area contributed by atoms with Gasteiger partial charge in [-0.25, -0.2) is 8.78 Å². The van der Waals surface area contributed by atoms with Gasteiger partial charge in [0.1, 0.15) is 24.0 Å². The smallest absolute Gasteiger partial charge is 0.130 e. The van der Waals surface area contributed by atoms with Gasteiger partial charge in [0, 0.05) is 20.9 Å². The normalized spacial score (nSPS) is 10.5. The van der Waals surface area contributed by atoms with Gasteiger partial charge in [-0.05, 0) is 30.3 Å². The van der Waals surface area contributed by atoms with Crippen LogP contribution in [0.1, 0.15) is 11.1 Å². The fraction of sp³-hybridized carbons (Fsp3) is 0.143. The van der Waals surface area contributed by atoms with E-state index in [-0.39, 0.29) is 18.2 Å². The lowest BCUT2D eigenvalue weighted by atomic mass is 10.2. The van der Waals surface area contributed by atoms with Crippen molar-refractivity contribution in [2.45, 2.75) is 11.9 Å². The van der Waals surface area contributed by atoms with Crippen LogP contribution in [-0.4, -0.2) is 0 Å². The van der Waals surface area contributed by atoms with Crippen molar-refractivity contribution in [2.75, 3.05) is 0 Å². The lowest BCUT2D eigenvalue weighted by Crippen LogP contribution is -2.00. The summed E-state index contributed by atoms with van der Waals surface area (Å²) in [6.07, 6.45) is 0. The van der Waals surface area contributed by atoms with E-state index in [1.165, 1.54) is 18.2 Å². The molecule has 0 radical (unpaired) electrons. The van der Waals surface area contributed by atoms with Crippen molar-refractivity contribution in [1.82, 2.24) is 0 Å². The summed E-state index contributed by atoms with van der Waals surface area (Å²) in [5.74, 6) is -0.117. The summed E-state index contributed by atoms with van der Waals surface area (Å²) >= 11 is 6.46. The zero-order valence-electron chi connectivity index (χ0n) is 9.80. The van der Waals surface area contributed by atoms with Gasteiger partial charge in [-0.1, -0.05) is 37.9 Å². The summed E-state index contributed by atoms with van der Waals surface area (Å²) < 4.78 is 32.9. The third kappa shape index (κ3) is 3.76. The van der Waals surface area contributed by atoms with Gasteiger partial charge in [-0.15, -0.1) is 0 Å². The van der Waals surface area contributed by atoms with Crippen LogP contribution in [0, 0.1) is 11.6 Å². The number of ether oxygens (including phenoxy) is 1. The third-order valence-electron chi connectivity index (χ3n) is 2.56. The van der Waals surface area contributed by atoms with Gasteiger partial charge in [0.25, 0.3) is 0 Å². The van der Waals surface area contributed by atoms with Crippen LogP contribution >= 0.6 is 31.9 Å². The average Bonchev–Trinajstić information content (AvgIpc) is 2.39. The minimum Gasteiger partial charge on any atom is -0.488 e. The second kappa shape index (κ2) is 6.48. The molecule has 0 saturated heterocycles. The minimum atomic E-state index is -0.336. The first-order valence-electron chi connectivity index (χ1n) is 5.51. The Balaban J connectivity index is 2.14. The summed E-state index contributed by atoms with van der Waals surface area (Å²) in [7, 11) is 0. The standard InChI is InChI=1S/C14H10Br2F2O/c15-7-10-5-12(17)3-4-14(10)19-8-9-1-2-11(16)6-13(9)18/h1-6H,7-8H2. The van der Waals surface area contributed by atoms with E-state index in [1.54, 1.807) is 18.2 Å². The number of rotatable bonds is 4. The topological polar surface area (TPSA) is 9.23 Å². The Morgan fingerprint density at radius 2 is 1.79 bits per heavy atom. The molecule has 0 heterocycles. The molecule has 100 valence electrons. The van der Waals surface area contributed by atoms with Crippen molar-refractivity contribution >= 4 is 31.9 Å². The van der Waals surface area contributed by atoms with Gasteiger partial charge in [0.2, 0.25) is 0 Å². The first-order valence-corrected chi connectivity index (χ1v) is 7.42. The molecule has 1 nitrogen and oxygen atoms in total. The van der Waals surface area contributed by atoms with Crippen molar-refractivity contribution in [3.05, 3.63) is 63.6 Å². The van der Waals surface area contributed by atoms with E-state index in [9.17, 15) is 8.78 Å². The first kappa shape index (κ1) is 14.5. The van der Waals surface area contributed by atoms with Crippen LogP contribution in [0.3, 0.4) is 0 Å². The Morgan fingerprint density at radius 1 is 1.00 bits per heavy atom. The molecular formula is C14H10Br2F2O. The molecule has 19 heavy (non-hydrogen) atoms. The number of halogens is 4. The summed E-state index contributed by atoms with van der Waals surface area (Å²) in [6.45, 7) is 0.102. The van der Waals surface area contributed by atoms with E-state index in [1.807, 2.05) is 0 Å². The molecule has 0 atom stereocenters. The molecular weight excluding hydrogens is 382 g/mol. The van der Waals surface area contributed by atoms with Crippen LogP contribution in [0.4, 0.5) is 8.78 Å². The predicted molar refractivity (Wildman–Crippen MR) is 77.5 cm³/mol. The Bertz CT molecular complexity index is 588. The van der Waals surface area contributed by atoms with Crippen molar-refractivity contribution in [1.29, 1.82) is 0 Å². The van der Waals surface area contributed by atoms with E-state index in [0.29, 0.717) is 26.7 Å². The van der Waals surface area contributed by atoms with Gasteiger partial charge >= 0.3 is 0 Å². The van der Waals surface area contributed by atoms with E-state index in [0.717, 1.165) is 0 Å². The minimum absolute atomic E-state index is 0.102. The highest BCUT2D eigenvalue weighted by Crippen LogP contribution is 2.24. The maximum Gasteiger partial charge on any atom is 0.130 e. The summed E-state index contributed by atoms with van der Waals surface area (Å²) in [6, 6.07) is 9.04. The largest absolute Gasteiger partial charge is 0.488 e. The molecule has 2 aromatic rings. The Kier molecular flexibility index (Phi) is 4.93. The highest BCUT2D eigenvalue weighted by molar-refractivity contribution is 9.10. The van der Waals surface area contributed by atoms with Crippen LogP contribution in [0.5, 0.6) is 5.75 Å². The van der Waals surface area contributed by atoms with Crippen LogP contribution in [0.2, 0.25) is 0 Å². The average molecular weight is 392 g/mol. The molecule has 0 aliphatic rings. The predicted octanol–water partition coefficient (Wildman–Crippen LogP) is 5.20. The van der Waals surface area contributed by atoms with Crippen molar-refractivity contribution < 1.29 is 13.5 Å². The number of alkyl halides is 1. The van der Waals surface area contributed by atoms with Gasteiger partial charge in [-0.2, -0.15) is 0 Å². The van der Waals surface area contributed by atoms with Crippen LogP contribution in [-0.2, 0) is 11.9 Å². The molecule has 0 amide bonds. The van der Waals surface area contributed by atoms with Crippen molar-refractivity contribution in [2.24, 2.45) is 0 Å². The van der Waals surface area contributed by atoms with Gasteiger partial charge < -0.3 is 4.74 Å². The monoisotopic (exact) mass is 390 g/mol. The van der Waals surface area contributed by atoms with Crippen molar-refractivity contribution in [3.8, 4) is 5.75 Å². The van der Waals surface area contributed by atoms with Crippen LogP contribution in [0.15, 0.2) is 40.9 Å². The molecule has 0 aliphatic heterocycles. The van der Waals surface area contributed by atoms with E-state index < -0.39 is 0 Å². The van der Waals surface area contributed by atoms with E-state index in [4.69, 9.17) is 4.74 Å². The number of hydrogen-bond donors (Lipinski definition) is 0. The molecule has 0 unspecified atom stereocenters. The Morgan fingerprint density at radius 3 is 2.47 bits per heavy atom. The Hall–Kier alpha value is -0.940. The van der Waals surface area contributed by atoms with E-state index >= 15 is 0 Å².